The number of hydrogen-bond donors (Lipinski definition) is 0. The molecule has 16 heavy (non-hydrogen) atoms. The van der Waals surface area contributed by atoms with Gasteiger partial charge in [0.15, 0.2) is 0 Å². The van der Waals surface area contributed by atoms with Gasteiger partial charge in [0.1, 0.15) is 5.82 Å². The quantitative estimate of drug-likeness (QED) is 0.819. The summed E-state index contributed by atoms with van der Waals surface area (Å²) in [6, 6.07) is 4.67. The topological polar surface area (TPSA) is 16.1 Å². The number of pyridine rings is 1. The van der Waals surface area contributed by atoms with Gasteiger partial charge in [0.25, 0.3) is 0 Å². The van der Waals surface area contributed by atoms with Crippen LogP contribution in [0.1, 0.15) is 32.6 Å². The second-order valence-corrected chi connectivity index (χ2v) is 5.70. The number of rotatable bonds is 2. The number of halogens is 1. The van der Waals surface area contributed by atoms with Crippen LogP contribution in [0.2, 0.25) is 0 Å². The third-order valence-electron chi connectivity index (χ3n) is 3.53. The maximum atomic E-state index is 4.46. The zero-order valence-corrected chi connectivity index (χ0v) is 11.6. The number of anilines is 1. The SMILES string of the molecule is CC1CCCC(N(C)c2ncccc2Br)C1. The van der Waals surface area contributed by atoms with E-state index in [9.17, 15) is 0 Å². The fourth-order valence-electron chi connectivity index (χ4n) is 2.56. The van der Waals surface area contributed by atoms with E-state index in [1.807, 2.05) is 12.3 Å². The van der Waals surface area contributed by atoms with Gasteiger partial charge in [0.2, 0.25) is 0 Å². The highest BCUT2D eigenvalue weighted by Gasteiger charge is 2.23. The molecule has 0 aromatic carbocycles. The van der Waals surface area contributed by atoms with Gasteiger partial charge in [0, 0.05) is 19.3 Å². The van der Waals surface area contributed by atoms with Gasteiger partial charge in [-0.15, -0.1) is 0 Å². The lowest BCUT2D eigenvalue weighted by Crippen LogP contribution is -2.36. The van der Waals surface area contributed by atoms with Crippen LogP contribution >= 0.6 is 15.9 Å². The van der Waals surface area contributed by atoms with Crippen LogP contribution in [0.3, 0.4) is 0 Å². The monoisotopic (exact) mass is 282 g/mol. The first-order chi connectivity index (χ1) is 7.68. The molecule has 2 atom stereocenters. The summed E-state index contributed by atoms with van der Waals surface area (Å²) >= 11 is 3.57. The normalized spacial score (nSPS) is 25.4. The van der Waals surface area contributed by atoms with Crippen LogP contribution in [0.25, 0.3) is 0 Å². The van der Waals surface area contributed by atoms with Gasteiger partial charge in [-0.2, -0.15) is 0 Å². The molecule has 1 saturated carbocycles. The molecule has 1 aliphatic rings. The van der Waals surface area contributed by atoms with Gasteiger partial charge in [-0.3, -0.25) is 0 Å². The average Bonchev–Trinajstić information content (AvgIpc) is 2.29. The lowest BCUT2D eigenvalue weighted by molar-refractivity contribution is 0.335. The summed E-state index contributed by atoms with van der Waals surface area (Å²) in [5, 5.41) is 0. The van der Waals surface area contributed by atoms with Crippen LogP contribution in [0.4, 0.5) is 5.82 Å². The molecule has 2 unspecified atom stereocenters. The highest BCUT2D eigenvalue weighted by molar-refractivity contribution is 9.10. The highest BCUT2D eigenvalue weighted by atomic mass is 79.9. The zero-order chi connectivity index (χ0) is 11.5. The minimum atomic E-state index is 0.648. The lowest BCUT2D eigenvalue weighted by atomic mass is 9.86. The predicted molar refractivity (Wildman–Crippen MR) is 71.8 cm³/mol. The van der Waals surface area contributed by atoms with Crippen molar-refractivity contribution in [3.63, 3.8) is 0 Å². The zero-order valence-electron chi connectivity index (χ0n) is 9.99. The van der Waals surface area contributed by atoms with E-state index in [0.29, 0.717) is 6.04 Å². The van der Waals surface area contributed by atoms with Crippen molar-refractivity contribution in [3.05, 3.63) is 22.8 Å². The first-order valence-electron chi connectivity index (χ1n) is 6.02. The molecular formula is C13H19BrN2. The molecular weight excluding hydrogens is 264 g/mol. The Morgan fingerprint density at radius 3 is 2.94 bits per heavy atom. The van der Waals surface area contributed by atoms with E-state index in [2.05, 4.69) is 45.9 Å². The molecule has 3 heteroatoms. The molecule has 1 aliphatic carbocycles. The van der Waals surface area contributed by atoms with Crippen molar-refractivity contribution < 1.29 is 0 Å². The summed E-state index contributed by atoms with van der Waals surface area (Å²) in [6.07, 6.45) is 7.18. The molecule has 1 aromatic rings. The van der Waals surface area contributed by atoms with Crippen molar-refractivity contribution in [1.82, 2.24) is 4.98 Å². The summed E-state index contributed by atoms with van der Waals surface area (Å²) in [7, 11) is 2.16. The van der Waals surface area contributed by atoms with E-state index < -0.39 is 0 Å². The average molecular weight is 283 g/mol. The van der Waals surface area contributed by atoms with Crippen molar-refractivity contribution >= 4 is 21.7 Å². The van der Waals surface area contributed by atoms with E-state index in [0.717, 1.165) is 16.2 Å². The summed E-state index contributed by atoms with van der Waals surface area (Å²) < 4.78 is 1.09. The van der Waals surface area contributed by atoms with Crippen LogP contribution in [-0.2, 0) is 0 Å². The Bertz CT molecular complexity index is 354. The van der Waals surface area contributed by atoms with Crippen LogP contribution in [0.5, 0.6) is 0 Å². The Morgan fingerprint density at radius 2 is 2.25 bits per heavy atom. The standard InChI is InChI=1S/C13H19BrN2/c1-10-5-3-6-11(9-10)16(2)13-12(14)7-4-8-15-13/h4,7-8,10-11H,3,5-6,9H2,1-2H3. The number of nitrogens with zero attached hydrogens (tertiary/aromatic N) is 2. The first-order valence-corrected chi connectivity index (χ1v) is 6.81. The second-order valence-electron chi connectivity index (χ2n) is 4.85. The molecule has 0 spiro atoms. The Hall–Kier alpha value is -0.570. The molecule has 0 N–H and O–H groups in total. The van der Waals surface area contributed by atoms with Crippen LogP contribution < -0.4 is 4.90 Å². The van der Waals surface area contributed by atoms with Crippen LogP contribution in [0, 0.1) is 5.92 Å². The third-order valence-corrected chi connectivity index (χ3v) is 4.15. The van der Waals surface area contributed by atoms with Gasteiger partial charge >= 0.3 is 0 Å². The Labute approximate surface area is 106 Å². The van der Waals surface area contributed by atoms with Crippen LogP contribution in [-0.4, -0.2) is 18.1 Å². The lowest BCUT2D eigenvalue weighted by Gasteiger charge is -2.35. The molecule has 0 aliphatic heterocycles. The summed E-state index contributed by atoms with van der Waals surface area (Å²) in [5.74, 6) is 1.92. The van der Waals surface area contributed by atoms with Crippen molar-refractivity contribution in [3.8, 4) is 0 Å². The minimum Gasteiger partial charge on any atom is -0.356 e. The van der Waals surface area contributed by atoms with Crippen molar-refractivity contribution in [2.75, 3.05) is 11.9 Å². The molecule has 1 fully saturated rings. The first kappa shape index (κ1) is 11.9. The van der Waals surface area contributed by atoms with Crippen LogP contribution in [0.15, 0.2) is 22.8 Å². The van der Waals surface area contributed by atoms with Gasteiger partial charge in [-0.1, -0.05) is 19.8 Å². The highest BCUT2D eigenvalue weighted by Crippen LogP contribution is 2.31. The van der Waals surface area contributed by atoms with E-state index in [1.54, 1.807) is 0 Å². The smallest absolute Gasteiger partial charge is 0.142 e. The number of hydrogen-bond acceptors (Lipinski definition) is 2. The number of aromatic nitrogens is 1. The van der Waals surface area contributed by atoms with Gasteiger partial charge in [-0.25, -0.2) is 4.98 Å². The van der Waals surface area contributed by atoms with Gasteiger partial charge in [0.05, 0.1) is 4.47 Å². The maximum absolute atomic E-state index is 4.46. The Morgan fingerprint density at radius 1 is 1.44 bits per heavy atom. The van der Waals surface area contributed by atoms with Crippen molar-refractivity contribution in [1.29, 1.82) is 0 Å². The fraction of sp³-hybridized carbons (Fsp3) is 0.615. The molecule has 0 bridgehead atoms. The maximum Gasteiger partial charge on any atom is 0.142 e. The largest absolute Gasteiger partial charge is 0.356 e. The van der Waals surface area contributed by atoms with E-state index in [1.165, 1.54) is 25.7 Å². The van der Waals surface area contributed by atoms with Gasteiger partial charge in [-0.05, 0) is 46.8 Å². The third kappa shape index (κ3) is 2.57. The molecule has 0 amide bonds. The summed E-state index contributed by atoms with van der Waals surface area (Å²) in [5.41, 5.74) is 0. The van der Waals surface area contributed by atoms with Crippen molar-refractivity contribution in [2.45, 2.75) is 38.6 Å². The molecule has 1 heterocycles. The summed E-state index contributed by atoms with van der Waals surface area (Å²) in [6.45, 7) is 2.35. The molecule has 0 radical (unpaired) electrons. The second kappa shape index (κ2) is 5.17. The predicted octanol–water partition coefficient (Wildman–Crippen LogP) is 3.86. The van der Waals surface area contributed by atoms with Crippen molar-refractivity contribution in [2.24, 2.45) is 5.92 Å². The van der Waals surface area contributed by atoms with Gasteiger partial charge < -0.3 is 4.90 Å². The van der Waals surface area contributed by atoms with E-state index >= 15 is 0 Å². The molecule has 2 nitrogen and oxygen atoms in total. The molecule has 1 aromatic heterocycles. The fourth-order valence-corrected chi connectivity index (χ4v) is 3.10. The minimum absolute atomic E-state index is 0.648. The summed E-state index contributed by atoms with van der Waals surface area (Å²) in [4.78, 5) is 6.79. The molecule has 2 rings (SSSR count). The molecule has 88 valence electrons. The Balaban J connectivity index is 2.12. The molecule has 0 saturated heterocycles. The van der Waals surface area contributed by atoms with E-state index in [-0.39, 0.29) is 0 Å². The van der Waals surface area contributed by atoms with E-state index in [4.69, 9.17) is 0 Å². The Kier molecular flexibility index (Phi) is 3.85.